The highest BCUT2D eigenvalue weighted by atomic mass is 16.2. The maximum atomic E-state index is 11.9. The Labute approximate surface area is 102 Å². The Bertz CT molecular complexity index is 348. The number of imide groups is 1. The summed E-state index contributed by atoms with van der Waals surface area (Å²) in [7, 11) is 1.54. The second-order valence-corrected chi connectivity index (χ2v) is 3.93. The van der Waals surface area contributed by atoms with E-state index >= 15 is 0 Å². The van der Waals surface area contributed by atoms with Crippen molar-refractivity contribution in [3.05, 3.63) is 11.6 Å². The molecule has 5 nitrogen and oxygen atoms in total. The van der Waals surface area contributed by atoms with Crippen molar-refractivity contribution in [2.75, 3.05) is 7.05 Å². The highest BCUT2D eigenvalue weighted by molar-refractivity contribution is 6.00. The maximum absolute atomic E-state index is 11.9. The highest BCUT2D eigenvalue weighted by Crippen LogP contribution is 2.05. The number of likely N-dealkylation sites (N-methyl/N-ethyl adjacent to an activating group) is 1. The lowest BCUT2D eigenvalue weighted by molar-refractivity contribution is -0.138. The molecule has 3 amide bonds. The largest absolute Gasteiger partial charge is 0.330 e. The molecule has 0 aromatic rings. The molecule has 0 saturated heterocycles. The third-order valence-electron chi connectivity index (χ3n) is 2.43. The third kappa shape index (κ3) is 4.80. The van der Waals surface area contributed by atoms with Gasteiger partial charge in [0.05, 0.1) is 0 Å². The van der Waals surface area contributed by atoms with Crippen molar-refractivity contribution in [2.45, 2.75) is 40.2 Å². The molecule has 0 bridgehead atoms. The molecule has 0 heterocycles. The van der Waals surface area contributed by atoms with E-state index in [1.807, 2.05) is 6.92 Å². The van der Waals surface area contributed by atoms with Gasteiger partial charge in [0, 0.05) is 19.5 Å². The first-order chi connectivity index (χ1) is 7.81. The lowest BCUT2D eigenvalue weighted by Gasteiger charge is -2.23. The molecule has 96 valence electrons. The van der Waals surface area contributed by atoms with Gasteiger partial charge < -0.3 is 4.90 Å². The molecular weight excluding hydrogens is 220 g/mol. The maximum Gasteiger partial charge on any atom is 0.249 e. The van der Waals surface area contributed by atoms with E-state index < -0.39 is 17.9 Å². The highest BCUT2D eigenvalue weighted by Gasteiger charge is 2.23. The predicted octanol–water partition coefficient (Wildman–Crippen LogP) is 0.852. The van der Waals surface area contributed by atoms with Gasteiger partial charge in [-0.1, -0.05) is 13.0 Å². The molecule has 0 aliphatic heterocycles. The summed E-state index contributed by atoms with van der Waals surface area (Å²) in [5, 5.41) is 2.16. The van der Waals surface area contributed by atoms with Crippen molar-refractivity contribution in [3.8, 4) is 0 Å². The van der Waals surface area contributed by atoms with E-state index in [1.54, 1.807) is 27.0 Å². The molecule has 1 atom stereocenters. The standard InChI is InChI=1S/C12H20N2O3/c1-6-7-8(2)12(17)14(5)9(3)11(16)13-10(4)15/h7,9H,6H2,1-5H3,(H,13,15,16)/b8-7+. The summed E-state index contributed by atoms with van der Waals surface area (Å²) in [6.07, 6.45) is 2.56. The van der Waals surface area contributed by atoms with Crippen LogP contribution < -0.4 is 5.32 Å². The Morgan fingerprint density at radius 3 is 2.24 bits per heavy atom. The zero-order chi connectivity index (χ0) is 13.6. The average Bonchev–Trinajstić information content (AvgIpc) is 2.25. The van der Waals surface area contributed by atoms with E-state index in [-0.39, 0.29) is 5.91 Å². The molecule has 0 aliphatic rings. The Morgan fingerprint density at radius 2 is 1.82 bits per heavy atom. The third-order valence-corrected chi connectivity index (χ3v) is 2.43. The van der Waals surface area contributed by atoms with Crippen molar-refractivity contribution in [2.24, 2.45) is 0 Å². The smallest absolute Gasteiger partial charge is 0.249 e. The molecular formula is C12H20N2O3. The van der Waals surface area contributed by atoms with Gasteiger partial charge in [0.1, 0.15) is 6.04 Å². The number of allylic oxidation sites excluding steroid dienone is 1. The van der Waals surface area contributed by atoms with E-state index in [1.165, 1.54) is 11.8 Å². The first kappa shape index (κ1) is 15.3. The van der Waals surface area contributed by atoms with Crippen LogP contribution in [-0.2, 0) is 14.4 Å². The van der Waals surface area contributed by atoms with Crippen molar-refractivity contribution in [3.63, 3.8) is 0 Å². The summed E-state index contributed by atoms with van der Waals surface area (Å²) in [6, 6.07) is -0.674. The van der Waals surface area contributed by atoms with Gasteiger partial charge in [0.25, 0.3) is 0 Å². The number of hydrogen-bond acceptors (Lipinski definition) is 3. The van der Waals surface area contributed by atoms with E-state index in [0.717, 1.165) is 6.42 Å². The normalized spacial score (nSPS) is 12.9. The fraction of sp³-hybridized carbons (Fsp3) is 0.583. The minimum Gasteiger partial charge on any atom is -0.330 e. The van der Waals surface area contributed by atoms with Crippen molar-refractivity contribution in [1.82, 2.24) is 10.2 Å². The Morgan fingerprint density at radius 1 is 1.29 bits per heavy atom. The molecule has 0 fully saturated rings. The molecule has 0 aromatic heterocycles. The fourth-order valence-corrected chi connectivity index (χ4v) is 1.30. The SMILES string of the molecule is CC/C=C(\C)C(=O)N(C)C(C)C(=O)NC(C)=O. The fourth-order valence-electron chi connectivity index (χ4n) is 1.30. The molecule has 5 heteroatoms. The summed E-state index contributed by atoms with van der Waals surface area (Å²) in [5.74, 6) is -1.11. The number of amides is 3. The zero-order valence-corrected chi connectivity index (χ0v) is 11.0. The van der Waals surface area contributed by atoms with Crippen molar-refractivity contribution in [1.29, 1.82) is 0 Å². The van der Waals surface area contributed by atoms with Gasteiger partial charge >= 0.3 is 0 Å². The molecule has 0 aliphatic carbocycles. The molecule has 0 aromatic carbocycles. The van der Waals surface area contributed by atoms with Crippen LogP contribution in [0.4, 0.5) is 0 Å². The van der Waals surface area contributed by atoms with Gasteiger partial charge in [-0.15, -0.1) is 0 Å². The van der Waals surface area contributed by atoms with E-state index in [4.69, 9.17) is 0 Å². The van der Waals surface area contributed by atoms with Crippen LogP contribution in [0.25, 0.3) is 0 Å². The van der Waals surface area contributed by atoms with Crippen LogP contribution in [0.2, 0.25) is 0 Å². The van der Waals surface area contributed by atoms with Gasteiger partial charge in [-0.3, -0.25) is 19.7 Å². The van der Waals surface area contributed by atoms with Crippen molar-refractivity contribution >= 4 is 17.7 Å². The minimum absolute atomic E-state index is 0.210. The van der Waals surface area contributed by atoms with Crippen molar-refractivity contribution < 1.29 is 14.4 Å². The van der Waals surface area contributed by atoms with Crippen LogP contribution in [0.3, 0.4) is 0 Å². The molecule has 0 spiro atoms. The molecule has 0 radical (unpaired) electrons. The second-order valence-electron chi connectivity index (χ2n) is 3.93. The van der Waals surface area contributed by atoms with Crippen LogP contribution in [0, 0.1) is 0 Å². The van der Waals surface area contributed by atoms with E-state index in [9.17, 15) is 14.4 Å². The zero-order valence-electron chi connectivity index (χ0n) is 11.0. The molecule has 17 heavy (non-hydrogen) atoms. The van der Waals surface area contributed by atoms with Crippen LogP contribution in [0.15, 0.2) is 11.6 Å². The van der Waals surface area contributed by atoms with Gasteiger partial charge in [0.15, 0.2) is 0 Å². The number of nitrogens with one attached hydrogen (secondary N) is 1. The Balaban J connectivity index is 4.65. The number of hydrogen-bond donors (Lipinski definition) is 1. The van der Waals surface area contributed by atoms with Crippen LogP contribution in [-0.4, -0.2) is 35.7 Å². The van der Waals surface area contributed by atoms with Crippen LogP contribution in [0.5, 0.6) is 0 Å². The molecule has 0 saturated carbocycles. The number of carbonyl (C=O) groups excluding carboxylic acids is 3. The summed E-state index contributed by atoms with van der Waals surface area (Å²) in [5.41, 5.74) is 0.595. The monoisotopic (exact) mass is 240 g/mol. The predicted molar refractivity (Wildman–Crippen MR) is 65.1 cm³/mol. The van der Waals surface area contributed by atoms with Crippen LogP contribution >= 0.6 is 0 Å². The molecule has 0 rings (SSSR count). The topological polar surface area (TPSA) is 66.5 Å². The lowest BCUT2D eigenvalue weighted by Crippen LogP contribution is -2.47. The summed E-state index contributed by atoms with van der Waals surface area (Å²) in [6.45, 7) is 6.48. The second kappa shape index (κ2) is 6.83. The minimum atomic E-state index is -0.674. The molecule has 1 unspecified atom stereocenters. The lowest BCUT2D eigenvalue weighted by atomic mass is 10.2. The van der Waals surface area contributed by atoms with E-state index in [0.29, 0.717) is 5.57 Å². The van der Waals surface area contributed by atoms with Gasteiger partial charge in [-0.2, -0.15) is 0 Å². The Hall–Kier alpha value is -1.65. The number of rotatable bonds is 4. The quantitative estimate of drug-likeness (QED) is 0.741. The summed E-state index contributed by atoms with van der Waals surface area (Å²) >= 11 is 0. The van der Waals surface area contributed by atoms with Gasteiger partial charge in [0.2, 0.25) is 17.7 Å². The van der Waals surface area contributed by atoms with Crippen LogP contribution in [0.1, 0.15) is 34.1 Å². The summed E-state index contributed by atoms with van der Waals surface area (Å²) in [4.78, 5) is 35.5. The first-order valence-corrected chi connectivity index (χ1v) is 5.56. The number of nitrogens with zero attached hydrogens (tertiary/aromatic N) is 1. The average molecular weight is 240 g/mol. The summed E-state index contributed by atoms with van der Waals surface area (Å²) < 4.78 is 0. The first-order valence-electron chi connectivity index (χ1n) is 5.56. The van der Waals surface area contributed by atoms with Gasteiger partial charge in [-0.25, -0.2) is 0 Å². The van der Waals surface area contributed by atoms with Gasteiger partial charge in [-0.05, 0) is 20.3 Å². The number of carbonyl (C=O) groups is 3. The Kier molecular flexibility index (Phi) is 6.17. The molecule has 1 N–H and O–H groups in total. The van der Waals surface area contributed by atoms with E-state index in [2.05, 4.69) is 5.32 Å².